The summed E-state index contributed by atoms with van der Waals surface area (Å²) in [5.74, 6) is -5.14. The van der Waals surface area contributed by atoms with E-state index in [0.717, 1.165) is 12.1 Å². The fourth-order valence-corrected chi connectivity index (χ4v) is 5.75. The average molecular weight is 627 g/mol. The molecule has 1 aromatic heterocycles. The lowest BCUT2D eigenvalue weighted by atomic mass is 9.95. The van der Waals surface area contributed by atoms with Gasteiger partial charge in [-0.05, 0) is 48.6 Å². The summed E-state index contributed by atoms with van der Waals surface area (Å²) in [7, 11) is -3.84. The fourth-order valence-electron chi connectivity index (χ4n) is 4.12. The molecule has 0 aliphatic carbocycles. The highest BCUT2D eigenvalue weighted by Gasteiger charge is 2.34. The summed E-state index contributed by atoms with van der Waals surface area (Å²) in [6, 6.07) is 2.37. The van der Waals surface area contributed by atoms with E-state index < -0.39 is 82.1 Å². The molecule has 14 heteroatoms. The predicted molar refractivity (Wildman–Crippen MR) is 156 cm³/mol. The van der Waals surface area contributed by atoms with Gasteiger partial charge in [-0.3, -0.25) is 19.4 Å². The first-order valence-electron chi connectivity index (χ1n) is 14.0. The highest BCUT2D eigenvalue weighted by atomic mass is 32.2. The standard InChI is InChI=1S/C29H40F2N4O7S/c1-4-5-9-43(41,42)17-24(35-28(39)20-7-6-8-32-16-20)29(40)34-23(12-19-10-21(30)13-22(31)11-19)27(38)25(36)14-26(37)33-15-18(2)3/h6-8,10-11,13,16,18,23-25,27,36,38H,4-5,9,12,14-15,17H2,1-3H3,(H,33,37)(H,34,40)(H,35,39). The van der Waals surface area contributed by atoms with Gasteiger partial charge in [0.25, 0.3) is 5.91 Å². The van der Waals surface area contributed by atoms with E-state index in [-0.39, 0.29) is 22.8 Å². The Bertz CT molecular complexity index is 1310. The minimum absolute atomic E-state index is 0.00446. The number of sulfone groups is 1. The van der Waals surface area contributed by atoms with E-state index in [4.69, 9.17) is 0 Å². The van der Waals surface area contributed by atoms with Crippen LogP contribution in [0.3, 0.4) is 0 Å². The second-order valence-corrected chi connectivity index (χ2v) is 13.0. The van der Waals surface area contributed by atoms with E-state index in [0.29, 0.717) is 25.5 Å². The Morgan fingerprint density at radius 3 is 2.30 bits per heavy atom. The number of hydrogen-bond acceptors (Lipinski definition) is 8. The third-order valence-electron chi connectivity index (χ3n) is 6.39. The van der Waals surface area contributed by atoms with Crippen LogP contribution in [0.15, 0.2) is 42.7 Å². The van der Waals surface area contributed by atoms with Crippen LogP contribution in [-0.2, 0) is 25.8 Å². The molecule has 0 aliphatic rings. The van der Waals surface area contributed by atoms with Crippen molar-refractivity contribution in [3.8, 4) is 0 Å². The Balaban J connectivity index is 2.36. The number of halogens is 2. The topological polar surface area (TPSA) is 175 Å². The zero-order valence-electron chi connectivity index (χ0n) is 24.4. The van der Waals surface area contributed by atoms with Crippen LogP contribution >= 0.6 is 0 Å². The molecule has 238 valence electrons. The largest absolute Gasteiger partial charge is 0.390 e. The minimum Gasteiger partial charge on any atom is -0.390 e. The fraction of sp³-hybridized carbons (Fsp3) is 0.517. The molecule has 11 nitrogen and oxygen atoms in total. The molecule has 1 heterocycles. The lowest BCUT2D eigenvalue weighted by Crippen LogP contribution is -2.57. The summed E-state index contributed by atoms with van der Waals surface area (Å²) in [5, 5.41) is 29.1. The lowest BCUT2D eigenvalue weighted by molar-refractivity contribution is -0.127. The first-order valence-corrected chi connectivity index (χ1v) is 15.8. The van der Waals surface area contributed by atoms with Crippen LogP contribution in [0.5, 0.6) is 0 Å². The predicted octanol–water partition coefficient (Wildman–Crippen LogP) is 1.28. The second-order valence-electron chi connectivity index (χ2n) is 10.8. The molecule has 2 aromatic rings. The molecule has 0 saturated heterocycles. The van der Waals surface area contributed by atoms with Gasteiger partial charge in [-0.15, -0.1) is 0 Å². The maximum absolute atomic E-state index is 13.9. The quantitative estimate of drug-likeness (QED) is 0.175. The third kappa shape index (κ3) is 12.7. The van der Waals surface area contributed by atoms with Crippen molar-refractivity contribution in [1.29, 1.82) is 0 Å². The number of aliphatic hydroxyl groups excluding tert-OH is 2. The number of unbranched alkanes of at least 4 members (excludes halogenated alkanes) is 1. The van der Waals surface area contributed by atoms with Crippen molar-refractivity contribution >= 4 is 27.6 Å². The van der Waals surface area contributed by atoms with Gasteiger partial charge in [0.15, 0.2) is 9.84 Å². The van der Waals surface area contributed by atoms with Gasteiger partial charge >= 0.3 is 0 Å². The summed E-state index contributed by atoms with van der Waals surface area (Å²) >= 11 is 0. The van der Waals surface area contributed by atoms with E-state index >= 15 is 0 Å². The highest BCUT2D eigenvalue weighted by molar-refractivity contribution is 7.91. The Kier molecular flexibility index (Phi) is 14.1. The maximum Gasteiger partial charge on any atom is 0.253 e. The number of hydrogen-bond donors (Lipinski definition) is 5. The van der Waals surface area contributed by atoms with Crippen molar-refractivity contribution in [2.24, 2.45) is 5.92 Å². The maximum atomic E-state index is 13.9. The third-order valence-corrected chi connectivity index (χ3v) is 8.14. The molecular weight excluding hydrogens is 586 g/mol. The van der Waals surface area contributed by atoms with E-state index in [2.05, 4.69) is 20.9 Å². The van der Waals surface area contributed by atoms with Gasteiger partial charge in [-0.1, -0.05) is 27.2 Å². The van der Waals surface area contributed by atoms with Gasteiger partial charge < -0.3 is 26.2 Å². The van der Waals surface area contributed by atoms with Crippen LogP contribution in [0.2, 0.25) is 0 Å². The molecule has 4 atom stereocenters. The average Bonchev–Trinajstić information content (AvgIpc) is 2.93. The van der Waals surface area contributed by atoms with Crippen LogP contribution in [0.1, 0.15) is 56.0 Å². The Morgan fingerprint density at radius 1 is 1.05 bits per heavy atom. The van der Waals surface area contributed by atoms with Gasteiger partial charge in [-0.25, -0.2) is 17.2 Å². The Hall–Kier alpha value is -3.49. The lowest BCUT2D eigenvalue weighted by Gasteiger charge is -2.29. The number of nitrogens with one attached hydrogen (secondary N) is 3. The van der Waals surface area contributed by atoms with Crippen LogP contribution in [-0.4, -0.2) is 83.7 Å². The van der Waals surface area contributed by atoms with E-state index in [1.807, 2.05) is 13.8 Å². The van der Waals surface area contributed by atoms with Crippen molar-refractivity contribution in [3.63, 3.8) is 0 Å². The van der Waals surface area contributed by atoms with Crippen molar-refractivity contribution in [2.45, 2.75) is 70.7 Å². The number of amides is 3. The molecule has 2 rings (SSSR count). The van der Waals surface area contributed by atoms with Gasteiger partial charge in [0, 0.05) is 25.0 Å². The Morgan fingerprint density at radius 2 is 1.72 bits per heavy atom. The molecule has 0 saturated carbocycles. The van der Waals surface area contributed by atoms with Crippen LogP contribution < -0.4 is 16.0 Å². The number of carbonyl (C=O) groups excluding carboxylic acids is 3. The summed E-state index contributed by atoms with van der Waals surface area (Å²) in [6.45, 7) is 5.83. The number of carbonyl (C=O) groups is 3. The molecule has 0 aliphatic heterocycles. The van der Waals surface area contributed by atoms with Gasteiger partial charge in [-0.2, -0.15) is 0 Å². The molecule has 0 spiro atoms. The molecule has 4 unspecified atom stereocenters. The molecule has 5 N–H and O–H groups in total. The van der Waals surface area contributed by atoms with Gasteiger partial charge in [0.2, 0.25) is 11.8 Å². The summed E-state index contributed by atoms with van der Waals surface area (Å²) in [4.78, 5) is 42.4. The number of benzene rings is 1. The van der Waals surface area contributed by atoms with Crippen molar-refractivity contribution < 1.29 is 41.8 Å². The number of nitrogens with zero attached hydrogens (tertiary/aromatic N) is 1. The van der Waals surface area contributed by atoms with Crippen molar-refractivity contribution in [2.75, 3.05) is 18.1 Å². The van der Waals surface area contributed by atoms with Gasteiger partial charge in [0.05, 0.1) is 35.6 Å². The molecule has 0 fully saturated rings. The van der Waals surface area contributed by atoms with Crippen LogP contribution in [0.4, 0.5) is 8.78 Å². The van der Waals surface area contributed by atoms with Gasteiger partial charge in [0.1, 0.15) is 23.8 Å². The minimum atomic E-state index is -3.84. The van der Waals surface area contributed by atoms with Crippen LogP contribution in [0, 0.1) is 17.6 Å². The zero-order chi connectivity index (χ0) is 32.2. The second kappa shape index (κ2) is 17.0. The highest BCUT2D eigenvalue weighted by Crippen LogP contribution is 2.15. The summed E-state index contributed by atoms with van der Waals surface area (Å²) in [6.07, 6.45) is -0.959. The molecule has 0 bridgehead atoms. The van der Waals surface area contributed by atoms with E-state index in [1.165, 1.54) is 24.5 Å². The van der Waals surface area contributed by atoms with Crippen LogP contribution in [0.25, 0.3) is 0 Å². The molecule has 43 heavy (non-hydrogen) atoms. The normalized spacial score (nSPS) is 14.4. The molecule has 3 amide bonds. The Labute approximate surface area is 250 Å². The number of aliphatic hydroxyl groups is 2. The van der Waals surface area contributed by atoms with E-state index in [9.17, 15) is 41.8 Å². The van der Waals surface area contributed by atoms with Crippen molar-refractivity contribution in [1.82, 2.24) is 20.9 Å². The SMILES string of the molecule is CCCCS(=O)(=O)CC(NC(=O)c1cccnc1)C(=O)NC(Cc1cc(F)cc(F)c1)C(O)C(O)CC(=O)NCC(C)C. The molecule has 0 radical (unpaired) electrons. The smallest absolute Gasteiger partial charge is 0.253 e. The monoisotopic (exact) mass is 626 g/mol. The first-order chi connectivity index (χ1) is 20.2. The number of pyridine rings is 1. The van der Waals surface area contributed by atoms with Crippen molar-refractivity contribution in [3.05, 3.63) is 65.5 Å². The number of rotatable bonds is 17. The zero-order valence-corrected chi connectivity index (χ0v) is 25.2. The first kappa shape index (κ1) is 35.7. The molecule has 1 aromatic carbocycles. The molecular formula is C29H40F2N4O7S. The van der Waals surface area contributed by atoms with E-state index in [1.54, 1.807) is 6.92 Å². The summed E-state index contributed by atoms with van der Waals surface area (Å²) in [5.41, 5.74) is 0.0609. The summed E-state index contributed by atoms with van der Waals surface area (Å²) < 4.78 is 53.4. The number of aromatic nitrogens is 1.